The van der Waals surface area contributed by atoms with Crippen LogP contribution in [0.15, 0.2) is 54.6 Å². The topological polar surface area (TPSA) is 89.3 Å². The maximum atomic E-state index is 12.1. The molecule has 0 unspecified atom stereocenters. The number of aromatic nitrogens is 1. The zero-order valence-corrected chi connectivity index (χ0v) is 13.2. The number of nitrogens with two attached hydrogens (primary N) is 1. The lowest BCUT2D eigenvalue weighted by Gasteiger charge is -2.10. The van der Waals surface area contributed by atoms with Crippen LogP contribution in [-0.4, -0.2) is 17.5 Å². The van der Waals surface area contributed by atoms with E-state index in [1.54, 1.807) is 12.1 Å². The lowest BCUT2D eigenvalue weighted by Crippen LogP contribution is -2.20. The average molecular weight is 322 g/mol. The first-order chi connectivity index (χ1) is 11.7. The van der Waals surface area contributed by atoms with E-state index in [0.717, 1.165) is 16.6 Å². The number of anilines is 2. The van der Waals surface area contributed by atoms with Crippen molar-refractivity contribution in [1.29, 1.82) is 0 Å². The highest BCUT2D eigenvalue weighted by Crippen LogP contribution is 2.25. The number of hydrogen-bond donors (Lipinski definition) is 3. The number of hydrazine groups is 1. The Labute approximate surface area is 139 Å². The number of nitrogens with zero attached hydrogens (tertiary/aromatic N) is 1. The van der Waals surface area contributed by atoms with E-state index >= 15 is 0 Å². The summed E-state index contributed by atoms with van der Waals surface area (Å²) in [6, 6.07) is 16.8. The summed E-state index contributed by atoms with van der Waals surface area (Å²) in [6.07, 6.45) is 0. The van der Waals surface area contributed by atoms with Crippen molar-refractivity contribution in [3.63, 3.8) is 0 Å². The van der Waals surface area contributed by atoms with Crippen molar-refractivity contribution in [2.75, 3.05) is 17.3 Å². The predicted octanol–water partition coefficient (Wildman–Crippen LogP) is 2.85. The average Bonchev–Trinajstić information content (AvgIpc) is 2.59. The Morgan fingerprint density at radius 3 is 2.79 bits per heavy atom. The number of amides is 1. The van der Waals surface area contributed by atoms with E-state index in [0.29, 0.717) is 17.1 Å². The maximum absolute atomic E-state index is 12.1. The van der Waals surface area contributed by atoms with Crippen molar-refractivity contribution in [3.8, 4) is 5.75 Å². The molecule has 0 atom stereocenters. The molecule has 1 amide bonds. The first kappa shape index (κ1) is 15.8. The van der Waals surface area contributed by atoms with E-state index in [4.69, 9.17) is 10.6 Å². The van der Waals surface area contributed by atoms with Gasteiger partial charge in [0.1, 0.15) is 17.1 Å². The lowest BCUT2D eigenvalue weighted by molar-refractivity contribution is -0.118. The number of ether oxygens (including phenoxy) is 1. The summed E-state index contributed by atoms with van der Waals surface area (Å²) in [4.78, 5) is 16.4. The summed E-state index contributed by atoms with van der Waals surface area (Å²) < 4.78 is 5.64. The van der Waals surface area contributed by atoms with Crippen LogP contribution in [-0.2, 0) is 4.79 Å². The minimum Gasteiger partial charge on any atom is -0.481 e. The van der Waals surface area contributed by atoms with E-state index in [1.807, 2.05) is 49.4 Å². The molecule has 3 rings (SSSR count). The molecule has 0 aliphatic carbocycles. The second kappa shape index (κ2) is 6.97. The normalized spacial score (nSPS) is 10.4. The number of hydrogen-bond acceptors (Lipinski definition) is 5. The summed E-state index contributed by atoms with van der Waals surface area (Å²) in [7, 11) is 0. The minimum atomic E-state index is -0.231. The van der Waals surface area contributed by atoms with E-state index in [2.05, 4.69) is 15.7 Å². The first-order valence-corrected chi connectivity index (χ1v) is 7.51. The van der Waals surface area contributed by atoms with Gasteiger partial charge in [0.2, 0.25) is 0 Å². The predicted molar refractivity (Wildman–Crippen MR) is 94.9 cm³/mol. The molecule has 4 N–H and O–H groups in total. The Hall–Kier alpha value is -3.12. The number of nitrogens with one attached hydrogen (secondary N) is 2. The Bertz CT molecular complexity index is 880. The monoisotopic (exact) mass is 322 g/mol. The van der Waals surface area contributed by atoms with Gasteiger partial charge in [-0.05, 0) is 42.8 Å². The lowest BCUT2D eigenvalue weighted by atomic mass is 10.2. The molecule has 0 aliphatic heterocycles. The molecular weight excluding hydrogens is 304 g/mol. The number of carbonyl (C=O) groups is 1. The number of carbonyl (C=O) groups excluding carboxylic acids is 1. The van der Waals surface area contributed by atoms with Gasteiger partial charge in [-0.3, -0.25) is 4.79 Å². The van der Waals surface area contributed by atoms with Crippen LogP contribution in [0.1, 0.15) is 5.56 Å². The molecule has 6 heteroatoms. The molecule has 0 fully saturated rings. The third-order valence-electron chi connectivity index (χ3n) is 3.49. The molecule has 24 heavy (non-hydrogen) atoms. The van der Waals surface area contributed by atoms with Gasteiger partial charge in [0.15, 0.2) is 6.61 Å². The van der Waals surface area contributed by atoms with Crippen LogP contribution in [0.4, 0.5) is 11.5 Å². The molecule has 2 aromatic carbocycles. The maximum Gasteiger partial charge on any atom is 0.262 e. The highest BCUT2D eigenvalue weighted by Gasteiger charge is 2.08. The van der Waals surface area contributed by atoms with Crippen molar-refractivity contribution in [1.82, 2.24) is 4.98 Å². The number of rotatable bonds is 5. The zero-order chi connectivity index (χ0) is 16.9. The molecule has 122 valence electrons. The molecule has 0 bridgehead atoms. The van der Waals surface area contributed by atoms with Gasteiger partial charge in [-0.2, -0.15) is 0 Å². The molecule has 3 aromatic rings. The highest BCUT2D eigenvalue weighted by atomic mass is 16.5. The van der Waals surface area contributed by atoms with Crippen LogP contribution in [0.25, 0.3) is 10.9 Å². The zero-order valence-electron chi connectivity index (χ0n) is 13.2. The van der Waals surface area contributed by atoms with Crippen LogP contribution in [0.3, 0.4) is 0 Å². The molecular formula is C18H18N4O2. The fourth-order valence-corrected chi connectivity index (χ4v) is 2.38. The van der Waals surface area contributed by atoms with Crippen molar-refractivity contribution in [3.05, 3.63) is 60.2 Å². The second-order valence-corrected chi connectivity index (χ2v) is 5.38. The third kappa shape index (κ3) is 3.61. The second-order valence-electron chi connectivity index (χ2n) is 5.38. The van der Waals surface area contributed by atoms with Crippen LogP contribution >= 0.6 is 0 Å². The molecule has 0 saturated carbocycles. The smallest absolute Gasteiger partial charge is 0.262 e. The van der Waals surface area contributed by atoms with Gasteiger partial charge in [0, 0.05) is 11.1 Å². The number of nitrogen functional groups attached to an aromatic ring is 1. The van der Waals surface area contributed by atoms with Gasteiger partial charge in [0.25, 0.3) is 5.91 Å². The van der Waals surface area contributed by atoms with Gasteiger partial charge in [-0.1, -0.05) is 24.3 Å². The SMILES string of the molecule is Cc1cccc(NC(=O)COc2cccc3ccc(NN)nc23)c1. The molecule has 0 saturated heterocycles. The summed E-state index contributed by atoms with van der Waals surface area (Å²) in [6.45, 7) is 1.87. The van der Waals surface area contributed by atoms with E-state index in [9.17, 15) is 4.79 Å². The standard InChI is InChI=1S/C18H18N4O2/c1-12-4-2-6-14(10-12)20-17(23)11-24-15-7-3-5-13-8-9-16(22-19)21-18(13)15/h2-10H,11,19H2,1H3,(H,20,23)(H,21,22). The van der Waals surface area contributed by atoms with Gasteiger partial charge < -0.3 is 15.5 Å². The largest absolute Gasteiger partial charge is 0.481 e. The molecule has 1 heterocycles. The number of pyridine rings is 1. The quantitative estimate of drug-likeness (QED) is 0.496. The Kier molecular flexibility index (Phi) is 4.58. The van der Waals surface area contributed by atoms with Gasteiger partial charge in [-0.25, -0.2) is 10.8 Å². The van der Waals surface area contributed by atoms with Crippen molar-refractivity contribution >= 4 is 28.3 Å². The fraction of sp³-hybridized carbons (Fsp3) is 0.111. The fourth-order valence-electron chi connectivity index (χ4n) is 2.38. The van der Waals surface area contributed by atoms with Crippen molar-refractivity contribution < 1.29 is 9.53 Å². The summed E-state index contributed by atoms with van der Waals surface area (Å²) in [5, 5.41) is 3.71. The first-order valence-electron chi connectivity index (χ1n) is 7.51. The number of para-hydroxylation sites is 1. The van der Waals surface area contributed by atoms with E-state index in [1.165, 1.54) is 0 Å². The van der Waals surface area contributed by atoms with Crippen LogP contribution in [0, 0.1) is 6.92 Å². The Balaban J connectivity index is 1.72. The van der Waals surface area contributed by atoms with Gasteiger partial charge >= 0.3 is 0 Å². The molecule has 6 nitrogen and oxygen atoms in total. The molecule has 0 aliphatic rings. The van der Waals surface area contributed by atoms with Gasteiger partial charge in [-0.15, -0.1) is 0 Å². The van der Waals surface area contributed by atoms with Crippen LogP contribution in [0.5, 0.6) is 5.75 Å². The van der Waals surface area contributed by atoms with Crippen molar-refractivity contribution in [2.24, 2.45) is 5.84 Å². The van der Waals surface area contributed by atoms with Crippen LogP contribution < -0.4 is 21.3 Å². The number of aryl methyl sites for hydroxylation is 1. The number of fused-ring (bicyclic) bond motifs is 1. The summed E-state index contributed by atoms with van der Waals surface area (Å²) in [5.74, 6) is 6.22. The van der Waals surface area contributed by atoms with Gasteiger partial charge in [0.05, 0.1) is 0 Å². The highest BCUT2D eigenvalue weighted by molar-refractivity contribution is 5.92. The molecule has 0 radical (unpaired) electrons. The van der Waals surface area contributed by atoms with E-state index in [-0.39, 0.29) is 12.5 Å². The minimum absolute atomic E-state index is 0.102. The molecule has 0 spiro atoms. The summed E-state index contributed by atoms with van der Waals surface area (Å²) in [5.41, 5.74) is 4.97. The number of benzene rings is 2. The van der Waals surface area contributed by atoms with Crippen molar-refractivity contribution in [2.45, 2.75) is 6.92 Å². The van der Waals surface area contributed by atoms with E-state index < -0.39 is 0 Å². The Morgan fingerprint density at radius 2 is 2.00 bits per heavy atom. The Morgan fingerprint density at radius 1 is 1.17 bits per heavy atom. The summed E-state index contributed by atoms with van der Waals surface area (Å²) >= 11 is 0. The van der Waals surface area contributed by atoms with Crippen LogP contribution in [0.2, 0.25) is 0 Å². The third-order valence-corrected chi connectivity index (χ3v) is 3.49. The molecule has 1 aromatic heterocycles.